The van der Waals surface area contributed by atoms with Gasteiger partial charge in [0.2, 0.25) is 11.8 Å². The van der Waals surface area contributed by atoms with Crippen molar-refractivity contribution < 1.29 is 9.59 Å². The van der Waals surface area contributed by atoms with Crippen LogP contribution in [0.25, 0.3) is 17.0 Å². The zero-order valence-electron chi connectivity index (χ0n) is 20.1. The number of aromatic amines is 1. The molecule has 5 heterocycles. The summed E-state index contributed by atoms with van der Waals surface area (Å²) in [5.74, 6) is 0.326. The first-order valence-corrected chi connectivity index (χ1v) is 12.0. The van der Waals surface area contributed by atoms with Gasteiger partial charge in [-0.1, -0.05) is 30.3 Å². The first-order chi connectivity index (χ1) is 18.5. The molecule has 0 unspecified atom stereocenters. The predicted octanol–water partition coefficient (Wildman–Crippen LogP) is 2.89. The number of H-pyrrole nitrogens is 1. The van der Waals surface area contributed by atoms with Crippen LogP contribution in [0.3, 0.4) is 0 Å². The molecule has 184 valence electrons. The zero-order chi connectivity index (χ0) is 26.0. The van der Waals surface area contributed by atoms with E-state index < -0.39 is 5.41 Å². The number of nitrogens with one attached hydrogen (secondary N) is 2. The maximum absolute atomic E-state index is 14.5. The molecule has 0 saturated carbocycles. The second-order valence-corrected chi connectivity index (χ2v) is 9.37. The molecular formula is C27H19N9O2. The van der Waals surface area contributed by atoms with Crippen molar-refractivity contribution >= 4 is 34.5 Å². The lowest BCUT2D eigenvalue weighted by atomic mass is 9.70. The number of carbonyl (C=O) groups excluding carboxylic acids is 2. The van der Waals surface area contributed by atoms with E-state index in [9.17, 15) is 9.59 Å². The largest absolute Gasteiger partial charge is 0.340 e. The highest BCUT2D eigenvalue weighted by molar-refractivity contribution is 6.16. The molecule has 2 aromatic carbocycles. The molecule has 2 N–H and O–H groups in total. The number of aromatic nitrogens is 6. The third-order valence-corrected chi connectivity index (χ3v) is 7.26. The molecule has 0 bridgehead atoms. The summed E-state index contributed by atoms with van der Waals surface area (Å²) >= 11 is 0. The Kier molecular flexibility index (Phi) is 4.50. The van der Waals surface area contributed by atoms with Crippen molar-refractivity contribution in [3.63, 3.8) is 0 Å². The van der Waals surface area contributed by atoms with Crippen LogP contribution in [0.5, 0.6) is 0 Å². The van der Waals surface area contributed by atoms with Crippen LogP contribution >= 0.6 is 0 Å². The molecule has 3 aromatic heterocycles. The minimum atomic E-state index is -1.25. The summed E-state index contributed by atoms with van der Waals surface area (Å²) in [4.78, 5) is 45.3. The Morgan fingerprint density at radius 2 is 1.89 bits per heavy atom. The van der Waals surface area contributed by atoms with Crippen molar-refractivity contribution in [3.05, 3.63) is 89.1 Å². The van der Waals surface area contributed by atoms with E-state index >= 15 is 0 Å². The molecule has 2 aliphatic rings. The van der Waals surface area contributed by atoms with Crippen molar-refractivity contribution in [2.24, 2.45) is 0 Å². The fraction of sp³-hybridized carbons (Fsp3) is 0.148. The average Bonchev–Trinajstić information content (AvgIpc) is 3.60. The van der Waals surface area contributed by atoms with Gasteiger partial charge in [-0.3, -0.25) is 9.59 Å². The highest BCUT2D eigenvalue weighted by Gasteiger charge is 2.58. The second-order valence-electron chi connectivity index (χ2n) is 9.37. The van der Waals surface area contributed by atoms with E-state index in [4.69, 9.17) is 10.4 Å². The summed E-state index contributed by atoms with van der Waals surface area (Å²) in [5.41, 5.74) is 3.95. The van der Waals surface area contributed by atoms with Crippen LogP contribution in [-0.4, -0.2) is 41.5 Å². The first-order valence-electron chi connectivity index (χ1n) is 12.0. The number of aryl methyl sites for hydroxylation is 1. The summed E-state index contributed by atoms with van der Waals surface area (Å²) in [7, 11) is 0. The second kappa shape index (κ2) is 7.81. The molecule has 0 fully saturated rings. The Morgan fingerprint density at radius 3 is 2.71 bits per heavy atom. The SMILES string of the molecule is Cc1nn(-c2ncnc3nc[nH]c23)c2c1[C@]1(CC(=O)N2)C(=O)N(Cc2ccc(C#N)cc2)c2ccccc21. The summed E-state index contributed by atoms with van der Waals surface area (Å²) in [6.45, 7) is 2.13. The van der Waals surface area contributed by atoms with Crippen molar-refractivity contribution in [1.29, 1.82) is 5.26 Å². The van der Waals surface area contributed by atoms with E-state index in [1.54, 1.807) is 21.7 Å². The molecule has 7 rings (SSSR count). The third kappa shape index (κ3) is 2.88. The molecule has 38 heavy (non-hydrogen) atoms. The van der Waals surface area contributed by atoms with Crippen LogP contribution in [0.2, 0.25) is 0 Å². The van der Waals surface area contributed by atoms with Crippen LogP contribution in [-0.2, 0) is 21.5 Å². The number of benzene rings is 2. The number of fused-ring (bicyclic) bond motifs is 5. The highest BCUT2D eigenvalue weighted by Crippen LogP contribution is 2.53. The average molecular weight is 502 g/mol. The maximum Gasteiger partial charge on any atom is 0.243 e. The molecule has 11 heteroatoms. The minimum absolute atomic E-state index is 0.0461. The lowest BCUT2D eigenvalue weighted by Gasteiger charge is -2.33. The Labute approximate surface area is 215 Å². The molecular weight excluding hydrogens is 482 g/mol. The Morgan fingerprint density at radius 1 is 1.08 bits per heavy atom. The molecule has 11 nitrogen and oxygen atoms in total. The summed E-state index contributed by atoms with van der Waals surface area (Å²) in [5, 5.41) is 16.8. The van der Waals surface area contributed by atoms with Gasteiger partial charge in [-0.25, -0.2) is 15.0 Å². The van der Waals surface area contributed by atoms with Crippen molar-refractivity contribution in [3.8, 4) is 11.9 Å². The molecule has 1 spiro atoms. The van der Waals surface area contributed by atoms with Gasteiger partial charge in [0.1, 0.15) is 23.1 Å². The van der Waals surface area contributed by atoms with Gasteiger partial charge >= 0.3 is 0 Å². The van der Waals surface area contributed by atoms with Crippen molar-refractivity contribution in [2.75, 3.05) is 10.2 Å². The molecule has 0 saturated heterocycles. The topological polar surface area (TPSA) is 145 Å². The third-order valence-electron chi connectivity index (χ3n) is 7.26. The molecule has 2 amide bonds. The number of rotatable bonds is 3. The van der Waals surface area contributed by atoms with Gasteiger partial charge in [0, 0.05) is 17.7 Å². The number of para-hydroxylation sites is 1. The fourth-order valence-corrected chi connectivity index (χ4v) is 5.69. The number of hydrogen-bond donors (Lipinski definition) is 2. The number of carbonyl (C=O) groups is 2. The van der Waals surface area contributed by atoms with Crippen LogP contribution in [0, 0.1) is 18.3 Å². The Hall–Kier alpha value is -5.37. The highest BCUT2D eigenvalue weighted by atomic mass is 16.2. The number of anilines is 2. The number of nitriles is 1. The summed E-state index contributed by atoms with van der Waals surface area (Å²) in [6, 6.07) is 16.8. The van der Waals surface area contributed by atoms with Gasteiger partial charge in [0.25, 0.3) is 0 Å². The Bertz CT molecular complexity index is 1830. The van der Waals surface area contributed by atoms with Crippen molar-refractivity contribution in [2.45, 2.75) is 25.3 Å². The molecule has 2 aliphatic heterocycles. The lowest BCUT2D eigenvalue weighted by Crippen LogP contribution is -2.46. The monoisotopic (exact) mass is 501 g/mol. The quantitative estimate of drug-likeness (QED) is 0.387. The van der Waals surface area contributed by atoms with E-state index in [2.05, 4.69) is 31.3 Å². The van der Waals surface area contributed by atoms with Gasteiger partial charge in [0.05, 0.1) is 30.2 Å². The van der Waals surface area contributed by atoms with E-state index in [1.807, 2.05) is 43.3 Å². The Balaban J connectivity index is 1.42. The number of nitrogens with zero attached hydrogens (tertiary/aromatic N) is 7. The number of hydrogen-bond acceptors (Lipinski definition) is 7. The lowest BCUT2D eigenvalue weighted by molar-refractivity contribution is -0.126. The van der Waals surface area contributed by atoms with E-state index in [0.29, 0.717) is 46.2 Å². The van der Waals surface area contributed by atoms with E-state index in [1.165, 1.54) is 12.7 Å². The molecule has 0 aliphatic carbocycles. The smallest absolute Gasteiger partial charge is 0.243 e. The molecule has 5 aromatic rings. The van der Waals surface area contributed by atoms with Crippen LogP contribution in [0.1, 0.15) is 34.4 Å². The predicted molar refractivity (Wildman–Crippen MR) is 136 cm³/mol. The standard InChI is InChI=1S/C27H19N9O2/c1-15-21-24(36(34-15)25-22-23(30-13-29-22)31-14-32-25)33-20(37)10-27(21)18-4-2-3-5-19(18)35(26(27)38)12-17-8-6-16(11-28)7-9-17/h2-9,13-14H,10,12H2,1H3,(H,33,37)(H,29,30,31,32)/t27-/m1/s1. The van der Waals surface area contributed by atoms with E-state index in [-0.39, 0.29) is 18.2 Å². The van der Waals surface area contributed by atoms with Gasteiger partial charge in [-0.05, 0) is 36.2 Å². The van der Waals surface area contributed by atoms with Gasteiger partial charge in [0.15, 0.2) is 11.5 Å². The van der Waals surface area contributed by atoms with Crippen molar-refractivity contribution in [1.82, 2.24) is 29.7 Å². The first kappa shape index (κ1) is 21.9. The van der Waals surface area contributed by atoms with Gasteiger partial charge in [-0.15, -0.1) is 0 Å². The number of amides is 2. The number of imidazole rings is 1. The van der Waals surface area contributed by atoms with Gasteiger partial charge < -0.3 is 15.2 Å². The van der Waals surface area contributed by atoms with Crippen LogP contribution < -0.4 is 10.2 Å². The summed E-state index contributed by atoms with van der Waals surface area (Å²) in [6.07, 6.45) is 2.86. The molecule has 0 radical (unpaired) electrons. The fourth-order valence-electron chi connectivity index (χ4n) is 5.69. The minimum Gasteiger partial charge on any atom is -0.340 e. The van der Waals surface area contributed by atoms with Crippen LogP contribution in [0.4, 0.5) is 11.5 Å². The maximum atomic E-state index is 14.5. The molecule has 1 atom stereocenters. The normalized spacial score (nSPS) is 17.9. The van der Waals surface area contributed by atoms with Gasteiger partial charge in [-0.2, -0.15) is 15.0 Å². The van der Waals surface area contributed by atoms with Crippen LogP contribution in [0.15, 0.2) is 61.2 Å². The zero-order valence-corrected chi connectivity index (χ0v) is 20.1. The summed E-state index contributed by atoms with van der Waals surface area (Å²) < 4.78 is 1.55. The van der Waals surface area contributed by atoms with E-state index in [0.717, 1.165) is 16.8 Å².